The molecule has 1 aliphatic rings. The average molecular weight is 208 g/mol. The third-order valence-corrected chi connectivity index (χ3v) is 2.19. The van der Waals surface area contributed by atoms with Gasteiger partial charge in [0.25, 0.3) is 6.43 Å². The molecule has 0 aliphatic carbocycles. The van der Waals surface area contributed by atoms with Crippen molar-refractivity contribution in [3.63, 3.8) is 0 Å². The first-order valence-corrected chi connectivity index (χ1v) is 4.45. The number of nitrogens with zero attached hydrogens (tertiary/aromatic N) is 1. The molecule has 0 aromatic carbocycles. The van der Waals surface area contributed by atoms with Crippen LogP contribution in [0.25, 0.3) is 0 Å². The molecule has 0 unspecified atom stereocenters. The van der Waals surface area contributed by atoms with Crippen molar-refractivity contribution < 1.29 is 18.7 Å². The van der Waals surface area contributed by atoms with Crippen molar-refractivity contribution >= 4 is 5.91 Å². The molecule has 0 aromatic rings. The van der Waals surface area contributed by atoms with E-state index in [2.05, 4.69) is 5.32 Å². The fourth-order valence-electron chi connectivity index (χ4n) is 1.47. The second-order valence-corrected chi connectivity index (χ2v) is 3.46. The van der Waals surface area contributed by atoms with Gasteiger partial charge in [0, 0.05) is 13.6 Å². The van der Waals surface area contributed by atoms with Gasteiger partial charge < -0.3 is 15.3 Å². The molecule has 4 nitrogen and oxygen atoms in total. The lowest BCUT2D eigenvalue weighted by atomic mass is 10.2. The van der Waals surface area contributed by atoms with Crippen LogP contribution < -0.4 is 5.32 Å². The molecule has 1 saturated heterocycles. The number of likely N-dealkylation sites (N-methyl/N-ethyl adjacent to an activating group) is 1. The second kappa shape index (κ2) is 4.65. The zero-order valence-corrected chi connectivity index (χ0v) is 7.91. The van der Waals surface area contributed by atoms with Crippen LogP contribution in [0.1, 0.15) is 6.42 Å². The van der Waals surface area contributed by atoms with Gasteiger partial charge in [-0.3, -0.25) is 4.79 Å². The fourth-order valence-corrected chi connectivity index (χ4v) is 1.47. The smallest absolute Gasteiger partial charge is 0.255 e. The summed E-state index contributed by atoms with van der Waals surface area (Å²) in [6.45, 7) is -0.216. The van der Waals surface area contributed by atoms with E-state index >= 15 is 0 Å². The van der Waals surface area contributed by atoms with Gasteiger partial charge in [0.1, 0.15) is 0 Å². The van der Waals surface area contributed by atoms with Gasteiger partial charge >= 0.3 is 0 Å². The highest BCUT2D eigenvalue weighted by Gasteiger charge is 2.30. The first kappa shape index (κ1) is 11.3. The summed E-state index contributed by atoms with van der Waals surface area (Å²) >= 11 is 0. The van der Waals surface area contributed by atoms with Crippen LogP contribution in [0, 0.1) is 0 Å². The van der Waals surface area contributed by atoms with Crippen molar-refractivity contribution in [1.29, 1.82) is 0 Å². The Morgan fingerprint density at radius 2 is 2.36 bits per heavy atom. The first-order chi connectivity index (χ1) is 6.50. The van der Waals surface area contributed by atoms with Crippen molar-refractivity contribution in [2.24, 2.45) is 0 Å². The number of alkyl halides is 2. The highest BCUT2D eigenvalue weighted by Crippen LogP contribution is 2.09. The predicted molar refractivity (Wildman–Crippen MR) is 46.1 cm³/mol. The monoisotopic (exact) mass is 208 g/mol. The summed E-state index contributed by atoms with van der Waals surface area (Å²) in [6, 6.07) is -0.520. The second-order valence-electron chi connectivity index (χ2n) is 3.46. The number of amides is 1. The van der Waals surface area contributed by atoms with Gasteiger partial charge in [-0.25, -0.2) is 8.78 Å². The Kier molecular flexibility index (Phi) is 3.77. The Morgan fingerprint density at radius 3 is 2.79 bits per heavy atom. The van der Waals surface area contributed by atoms with Gasteiger partial charge in [-0.1, -0.05) is 0 Å². The number of carbonyl (C=O) groups excluding carboxylic acids is 1. The van der Waals surface area contributed by atoms with Crippen molar-refractivity contribution in [1.82, 2.24) is 10.2 Å². The van der Waals surface area contributed by atoms with E-state index in [1.165, 1.54) is 7.05 Å². The zero-order chi connectivity index (χ0) is 10.7. The molecule has 14 heavy (non-hydrogen) atoms. The minimum Gasteiger partial charge on any atom is -0.392 e. The number of halogens is 2. The molecule has 0 radical (unpaired) electrons. The Labute approximate surface area is 80.9 Å². The van der Waals surface area contributed by atoms with E-state index in [1.807, 2.05) is 0 Å². The van der Waals surface area contributed by atoms with Crippen molar-refractivity contribution in [2.45, 2.75) is 25.0 Å². The number of hydrogen-bond donors (Lipinski definition) is 2. The van der Waals surface area contributed by atoms with Crippen LogP contribution >= 0.6 is 0 Å². The quantitative estimate of drug-likeness (QED) is 0.653. The minimum absolute atomic E-state index is 0.298. The Balaban J connectivity index is 2.40. The van der Waals surface area contributed by atoms with Gasteiger partial charge in [-0.15, -0.1) is 0 Å². The van der Waals surface area contributed by atoms with Crippen LogP contribution in [-0.4, -0.2) is 54.6 Å². The molecule has 0 saturated carbocycles. The minimum atomic E-state index is -2.52. The summed E-state index contributed by atoms with van der Waals surface area (Å²) in [6.07, 6.45) is -2.77. The number of rotatable bonds is 3. The van der Waals surface area contributed by atoms with Crippen LogP contribution in [0.15, 0.2) is 0 Å². The lowest BCUT2D eigenvalue weighted by molar-refractivity contribution is -0.133. The molecule has 1 amide bonds. The van der Waals surface area contributed by atoms with Gasteiger partial charge in [0.05, 0.1) is 18.7 Å². The van der Waals surface area contributed by atoms with Crippen LogP contribution in [0.3, 0.4) is 0 Å². The zero-order valence-electron chi connectivity index (χ0n) is 7.91. The summed E-state index contributed by atoms with van der Waals surface area (Å²) in [5.41, 5.74) is 0. The number of aliphatic hydroxyl groups is 1. The molecule has 0 spiro atoms. The van der Waals surface area contributed by atoms with E-state index in [-0.39, 0.29) is 5.91 Å². The summed E-state index contributed by atoms with van der Waals surface area (Å²) in [5, 5.41) is 11.9. The number of carbonyl (C=O) groups is 1. The van der Waals surface area contributed by atoms with E-state index in [0.717, 1.165) is 4.90 Å². The lowest BCUT2D eigenvalue weighted by Gasteiger charge is -2.20. The molecule has 6 heteroatoms. The molecule has 2 N–H and O–H groups in total. The average Bonchev–Trinajstić information content (AvgIpc) is 2.49. The van der Waals surface area contributed by atoms with Gasteiger partial charge in [-0.05, 0) is 6.42 Å². The maximum Gasteiger partial charge on any atom is 0.255 e. The highest BCUT2D eigenvalue weighted by atomic mass is 19.3. The van der Waals surface area contributed by atoms with Crippen LogP contribution in [0.2, 0.25) is 0 Å². The molecular formula is C8H14F2N2O2. The van der Waals surface area contributed by atoms with Gasteiger partial charge in [0.2, 0.25) is 5.91 Å². The van der Waals surface area contributed by atoms with Crippen molar-refractivity contribution in [3.05, 3.63) is 0 Å². The number of β-amino-alcohol motifs (C(OH)–C–C–N with tert-alkyl or cyclic N) is 1. The lowest BCUT2D eigenvalue weighted by Crippen LogP contribution is -2.43. The SMILES string of the molecule is CN(CC(F)F)C(=O)[C@H]1C[C@H](O)CN1. The third-order valence-electron chi connectivity index (χ3n) is 2.19. The maximum atomic E-state index is 11.9. The largest absolute Gasteiger partial charge is 0.392 e. The van der Waals surface area contributed by atoms with E-state index in [1.54, 1.807) is 0 Å². The standard InChI is InChI=1S/C8H14F2N2O2/c1-12(4-7(9)10)8(14)6-2-5(13)3-11-6/h5-7,11,13H,2-4H2,1H3/t5-,6+/m0/s1. The summed E-state index contributed by atoms with van der Waals surface area (Å²) in [4.78, 5) is 12.4. The Hall–Kier alpha value is -0.750. The van der Waals surface area contributed by atoms with Crippen LogP contribution in [0.4, 0.5) is 8.78 Å². The maximum absolute atomic E-state index is 11.9. The van der Waals surface area contributed by atoms with Crippen molar-refractivity contribution in [2.75, 3.05) is 20.1 Å². The molecular weight excluding hydrogens is 194 g/mol. The number of nitrogens with one attached hydrogen (secondary N) is 1. The highest BCUT2D eigenvalue weighted by molar-refractivity contribution is 5.82. The van der Waals surface area contributed by atoms with E-state index in [0.29, 0.717) is 13.0 Å². The molecule has 0 aromatic heterocycles. The molecule has 82 valence electrons. The molecule has 1 fully saturated rings. The van der Waals surface area contributed by atoms with Crippen LogP contribution in [0.5, 0.6) is 0 Å². The van der Waals surface area contributed by atoms with E-state index in [9.17, 15) is 13.6 Å². The first-order valence-electron chi connectivity index (χ1n) is 4.45. The van der Waals surface area contributed by atoms with Crippen LogP contribution in [-0.2, 0) is 4.79 Å². The Bertz CT molecular complexity index is 214. The van der Waals surface area contributed by atoms with Gasteiger partial charge in [-0.2, -0.15) is 0 Å². The molecule has 0 bridgehead atoms. The Morgan fingerprint density at radius 1 is 1.71 bits per heavy atom. The molecule has 1 heterocycles. The number of aliphatic hydroxyl groups excluding tert-OH is 1. The molecule has 1 aliphatic heterocycles. The summed E-state index contributed by atoms with van der Waals surface area (Å²) < 4.78 is 23.9. The molecule has 1 rings (SSSR count). The summed E-state index contributed by atoms with van der Waals surface area (Å²) in [5.74, 6) is -0.387. The third kappa shape index (κ3) is 2.88. The fraction of sp³-hybridized carbons (Fsp3) is 0.875. The topological polar surface area (TPSA) is 52.6 Å². The van der Waals surface area contributed by atoms with Crippen molar-refractivity contribution in [3.8, 4) is 0 Å². The van der Waals surface area contributed by atoms with Gasteiger partial charge in [0.15, 0.2) is 0 Å². The number of hydrogen-bond acceptors (Lipinski definition) is 3. The molecule has 2 atom stereocenters. The van der Waals surface area contributed by atoms with E-state index in [4.69, 9.17) is 5.11 Å². The predicted octanol–water partition coefficient (Wildman–Crippen LogP) is -0.567. The van der Waals surface area contributed by atoms with E-state index < -0.39 is 25.1 Å². The normalized spacial score (nSPS) is 26.9. The summed E-state index contributed by atoms with van der Waals surface area (Å²) in [7, 11) is 1.33.